The molecular weight excluding hydrogens is 649 g/mol. The molecular formula is C38H45O4S4+. The van der Waals surface area contributed by atoms with Gasteiger partial charge in [-0.25, -0.2) is 0 Å². The zero-order chi connectivity index (χ0) is 32.3. The van der Waals surface area contributed by atoms with Gasteiger partial charge in [-0.15, -0.1) is 0 Å². The molecule has 0 aliphatic carbocycles. The van der Waals surface area contributed by atoms with Gasteiger partial charge in [-0.05, 0) is 81.1 Å². The zero-order valence-corrected chi connectivity index (χ0v) is 30.8. The van der Waals surface area contributed by atoms with E-state index in [-0.39, 0.29) is 10.9 Å². The van der Waals surface area contributed by atoms with Crippen LogP contribution in [0.15, 0.2) is 112 Å². The fourth-order valence-corrected chi connectivity index (χ4v) is 10.6. The highest BCUT2D eigenvalue weighted by molar-refractivity contribution is 8.01. The summed E-state index contributed by atoms with van der Waals surface area (Å²) < 4.78 is 26.4. The largest absolute Gasteiger partial charge is 0.491 e. The molecule has 0 radical (unpaired) electrons. The Morgan fingerprint density at radius 1 is 0.413 bits per heavy atom. The van der Waals surface area contributed by atoms with Gasteiger partial charge in [0.05, 0.1) is 66.7 Å². The Morgan fingerprint density at radius 3 is 1.00 bits per heavy atom. The van der Waals surface area contributed by atoms with Crippen LogP contribution in [-0.2, 0) is 10.9 Å². The quantitative estimate of drug-likeness (QED) is 0.129. The number of para-hydroxylation sites is 4. The summed E-state index contributed by atoms with van der Waals surface area (Å²) in [7, 11) is -0.281. The Balaban J connectivity index is 1.79. The van der Waals surface area contributed by atoms with Gasteiger partial charge >= 0.3 is 0 Å². The highest BCUT2D eigenvalue weighted by Crippen LogP contribution is 2.52. The van der Waals surface area contributed by atoms with Crippen molar-refractivity contribution in [3.05, 3.63) is 72.8 Å². The fourth-order valence-electron chi connectivity index (χ4n) is 5.02. The molecule has 244 valence electrons. The number of hydrogen-bond donors (Lipinski definition) is 0. The maximum absolute atomic E-state index is 6.65. The first-order valence-electron chi connectivity index (χ1n) is 16.4. The Morgan fingerprint density at radius 2 is 0.696 bits per heavy atom. The molecule has 4 nitrogen and oxygen atoms in total. The molecule has 0 saturated heterocycles. The van der Waals surface area contributed by atoms with Crippen LogP contribution in [0.25, 0.3) is 0 Å². The first kappa shape index (κ1) is 34.8. The Hall–Kier alpha value is -2.52. The summed E-state index contributed by atoms with van der Waals surface area (Å²) in [5.41, 5.74) is 0. The Bertz CT molecular complexity index is 1480. The van der Waals surface area contributed by atoms with Crippen molar-refractivity contribution in [3.63, 3.8) is 0 Å². The summed E-state index contributed by atoms with van der Waals surface area (Å²) in [5.74, 6) is 4.68. The van der Waals surface area contributed by atoms with Crippen molar-refractivity contribution in [1.82, 2.24) is 0 Å². The number of ether oxygens (including phenoxy) is 4. The van der Waals surface area contributed by atoms with Crippen LogP contribution < -0.4 is 18.9 Å². The van der Waals surface area contributed by atoms with Crippen molar-refractivity contribution in [2.24, 2.45) is 0 Å². The SMILES string of the molecule is CCCOc1c2cccc1Sc1cccc(c1OCCC)[S+](CC)c1cccc(c1OCCC)Sc1cccc(c1OCCC)S2. The molecule has 0 amide bonds. The highest BCUT2D eigenvalue weighted by Gasteiger charge is 2.34. The molecule has 0 unspecified atom stereocenters. The monoisotopic (exact) mass is 693 g/mol. The average Bonchev–Trinajstić information content (AvgIpc) is 3.07. The Labute approximate surface area is 291 Å². The third kappa shape index (κ3) is 8.12. The molecule has 0 saturated carbocycles. The minimum Gasteiger partial charge on any atom is -0.491 e. The van der Waals surface area contributed by atoms with Gasteiger partial charge in [-0.2, -0.15) is 0 Å². The van der Waals surface area contributed by atoms with E-state index in [1.54, 1.807) is 35.3 Å². The molecule has 0 atom stereocenters. The molecule has 8 heteroatoms. The van der Waals surface area contributed by atoms with Crippen LogP contribution in [0.2, 0.25) is 0 Å². The van der Waals surface area contributed by atoms with Crippen LogP contribution in [-0.4, -0.2) is 32.2 Å². The molecule has 1 heterocycles. The van der Waals surface area contributed by atoms with E-state index in [2.05, 4.69) is 107 Å². The second-order valence-electron chi connectivity index (χ2n) is 10.7. The van der Waals surface area contributed by atoms with Crippen molar-refractivity contribution >= 4 is 46.2 Å². The van der Waals surface area contributed by atoms with E-state index in [1.807, 2.05) is 0 Å². The molecule has 1 aliphatic heterocycles. The zero-order valence-electron chi connectivity index (χ0n) is 27.6. The number of benzene rings is 4. The summed E-state index contributed by atoms with van der Waals surface area (Å²) in [5, 5.41) is 0. The van der Waals surface area contributed by atoms with Crippen LogP contribution in [0.1, 0.15) is 60.3 Å². The number of rotatable bonds is 13. The van der Waals surface area contributed by atoms with Gasteiger partial charge in [0.25, 0.3) is 0 Å². The number of fused-ring (bicyclic) bond motifs is 8. The lowest BCUT2D eigenvalue weighted by molar-refractivity contribution is 0.299. The molecule has 5 rings (SSSR count). The normalized spacial score (nSPS) is 12.9. The van der Waals surface area contributed by atoms with Crippen molar-refractivity contribution in [1.29, 1.82) is 0 Å². The minimum absolute atomic E-state index is 0.281. The van der Waals surface area contributed by atoms with E-state index in [0.717, 1.165) is 83.8 Å². The second-order valence-corrected chi connectivity index (χ2v) is 16.2. The molecule has 0 N–H and O–H groups in total. The third-order valence-electron chi connectivity index (χ3n) is 7.05. The molecule has 4 aromatic rings. The van der Waals surface area contributed by atoms with Crippen LogP contribution in [0.5, 0.6) is 23.0 Å². The molecule has 0 fully saturated rings. The van der Waals surface area contributed by atoms with E-state index in [9.17, 15) is 0 Å². The van der Waals surface area contributed by atoms with Crippen molar-refractivity contribution < 1.29 is 18.9 Å². The summed E-state index contributed by atoms with van der Waals surface area (Å²) in [6, 6.07) is 26.1. The van der Waals surface area contributed by atoms with Crippen molar-refractivity contribution in [2.45, 2.75) is 99.5 Å². The van der Waals surface area contributed by atoms with E-state index in [1.165, 1.54) is 9.79 Å². The lowest BCUT2D eigenvalue weighted by Gasteiger charge is -2.21. The van der Waals surface area contributed by atoms with Gasteiger partial charge in [0.2, 0.25) is 9.79 Å². The lowest BCUT2D eigenvalue weighted by Crippen LogP contribution is -2.13. The highest BCUT2D eigenvalue weighted by atomic mass is 32.2. The lowest BCUT2D eigenvalue weighted by atomic mass is 10.3. The van der Waals surface area contributed by atoms with Crippen LogP contribution >= 0.6 is 35.3 Å². The van der Waals surface area contributed by atoms with E-state index in [0.29, 0.717) is 26.4 Å². The van der Waals surface area contributed by atoms with Crippen LogP contribution in [0.4, 0.5) is 0 Å². The maximum atomic E-state index is 6.65. The molecule has 0 spiro atoms. The van der Waals surface area contributed by atoms with Gasteiger partial charge in [0.15, 0.2) is 11.5 Å². The first-order chi connectivity index (χ1) is 22.6. The molecule has 4 aromatic carbocycles. The summed E-state index contributed by atoms with van der Waals surface area (Å²) in [6.07, 6.45) is 3.73. The molecule has 8 bridgehead atoms. The molecule has 0 aromatic heterocycles. The van der Waals surface area contributed by atoms with Crippen LogP contribution in [0.3, 0.4) is 0 Å². The summed E-state index contributed by atoms with van der Waals surface area (Å²) >= 11 is 5.17. The average molecular weight is 694 g/mol. The minimum atomic E-state index is -0.281. The van der Waals surface area contributed by atoms with Gasteiger partial charge < -0.3 is 18.9 Å². The smallest absolute Gasteiger partial charge is 0.203 e. The first-order valence-corrected chi connectivity index (χ1v) is 20.2. The van der Waals surface area contributed by atoms with Crippen molar-refractivity contribution in [3.8, 4) is 23.0 Å². The van der Waals surface area contributed by atoms with E-state index in [4.69, 9.17) is 18.9 Å². The van der Waals surface area contributed by atoms with Crippen LogP contribution in [0, 0.1) is 0 Å². The fraction of sp³-hybridized carbons (Fsp3) is 0.368. The van der Waals surface area contributed by atoms with E-state index < -0.39 is 0 Å². The van der Waals surface area contributed by atoms with Gasteiger partial charge in [0, 0.05) is 0 Å². The third-order valence-corrected chi connectivity index (χ3v) is 12.6. The van der Waals surface area contributed by atoms with Gasteiger partial charge in [-0.1, -0.05) is 87.2 Å². The predicted octanol–water partition coefficient (Wildman–Crippen LogP) is 11.7. The Kier molecular flexibility index (Phi) is 13.3. The maximum Gasteiger partial charge on any atom is 0.203 e. The topological polar surface area (TPSA) is 36.9 Å². The standard InChI is InChI=1S/C38H45O4S4/c1-6-23-39-35-27-15-11-17-29(35)44-31-19-13-21-33(37(31)41-25-8-3)46(10-5)34-22-14-20-32(38(34)42-26-9-4)45-30-18-12-16-28(43-27)36(30)40-24-7-2/h11-22H,6-10,23-26H2,1-5H3/q+1. The predicted molar refractivity (Wildman–Crippen MR) is 196 cm³/mol. The molecule has 1 aliphatic rings. The second kappa shape index (κ2) is 17.6. The molecule has 46 heavy (non-hydrogen) atoms. The van der Waals surface area contributed by atoms with Gasteiger partial charge in [0.1, 0.15) is 17.3 Å². The van der Waals surface area contributed by atoms with Crippen molar-refractivity contribution in [2.75, 3.05) is 32.2 Å². The number of hydrogen-bond acceptors (Lipinski definition) is 7. The van der Waals surface area contributed by atoms with E-state index >= 15 is 0 Å². The summed E-state index contributed by atoms with van der Waals surface area (Å²) in [4.78, 5) is 8.93. The van der Waals surface area contributed by atoms with Gasteiger partial charge in [-0.3, -0.25) is 0 Å². The summed E-state index contributed by atoms with van der Waals surface area (Å²) in [6.45, 7) is 13.5.